The number of terminal acetylenes is 1. The van der Waals surface area contributed by atoms with Crippen molar-refractivity contribution in [3.05, 3.63) is 54.1 Å². The molecule has 6 nitrogen and oxygen atoms in total. The normalized spacial score (nSPS) is 10.6. The maximum atomic E-state index is 13.0. The summed E-state index contributed by atoms with van der Waals surface area (Å²) in [5.41, 5.74) is -0.584. The van der Waals surface area contributed by atoms with Gasteiger partial charge in [-0.25, -0.2) is 9.59 Å². The van der Waals surface area contributed by atoms with Crippen molar-refractivity contribution in [2.24, 2.45) is 0 Å². The molecule has 2 rings (SSSR count). The van der Waals surface area contributed by atoms with Crippen LogP contribution in [0.4, 0.5) is 34.1 Å². The lowest BCUT2D eigenvalue weighted by Gasteiger charge is -2.22. The van der Waals surface area contributed by atoms with Crippen LogP contribution in [0, 0.1) is 12.3 Å². The Balaban J connectivity index is 2.17. The smallest absolute Gasteiger partial charge is 0.419 e. The molecule has 0 fully saturated rings. The van der Waals surface area contributed by atoms with Crippen LogP contribution in [-0.4, -0.2) is 30.7 Å². The molecule has 2 aromatic rings. The van der Waals surface area contributed by atoms with E-state index in [2.05, 4.69) is 31.9 Å². The highest BCUT2D eigenvalue weighted by Gasteiger charge is 2.31. The van der Waals surface area contributed by atoms with E-state index in [0.717, 1.165) is 17.0 Å². The quantitative estimate of drug-likeness (QED) is 0.446. The standard InChI is InChI=1S/C20H16BrF3N2O4/c1-2-11-29-18(27)25-15-6-4-8-17(13-15)30-19(28)26(10-9-21)16-7-3-5-14(12-16)20(22,23)24/h1,3-8,12-13H,9-11H2,(H,25,27). The van der Waals surface area contributed by atoms with E-state index in [1.807, 2.05) is 0 Å². The maximum Gasteiger partial charge on any atom is 0.419 e. The molecule has 0 aliphatic heterocycles. The number of nitrogens with one attached hydrogen (secondary N) is 1. The van der Waals surface area contributed by atoms with Gasteiger partial charge in [-0.2, -0.15) is 13.2 Å². The number of carbonyl (C=O) groups excluding carboxylic acids is 2. The maximum absolute atomic E-state index is 13.0. The largest absolute Gasteiger partial charge is 0.436 e. The molecule has 10 heteroatoms. The summed E-state index contributed by atoms with van der Waals surface area (Å²) in [6.07, 6.45) is -1.23. The van der Waals surface area contributed by atoms with Crippen molar-refractivity contribution in [1.29, 1.82) is 0 Å². The summed E-state index contributed by atoms with van der Waals surface area (Å²) in [4.78, 5) is 25.2. The van der Waals surface area contributed by atoms with Crippen LogP contribution in [0.5, 0.6) is 5.75 Å². The zero-order valence-corrected chi connectivity index (χ0v) is 17.0. The summed E-state index contributed by atoms with van der Waals surface area (Å²) in [6.45, 7) is -0.143. The third-order valence-corrected chi connectivity index (χ3v) is 3.94. The third-order valence-electron chi connectivity index (χ3n) is 3.59. The van der Waals surface area contributed by atoms with Crippen LogP contribution in [-0.2, 0) is 10.9 Å². The van der Waals surface area contributed by atoms with Gasteiger partial charge in [-0.05, 0) is 30.3 Å². The van der Waals surface area contributed by atoms with Gasteiger partial charge >= 0.3 is 18.4 Å². The number of rotatable bonds is 6. The Morgan fingerprint density at radius 3 is 2.57 bits per heavy atom. The number of ether oxygens (including phenoxy) is 2. The van der Waals surface area contributed by atoms with E-state index >= 15 is 0 Å². The summed E-state index contributed by atoms with van der Waals surface area (Å²) < 4.78 is 48.9. The zero-order chi connectivity index (χ0) is 22.1. The second-order valence-corrected chi connectivity index (χ2v) is 6.48. The first-order chi connectivity index (χ1) is 14.2. The Hall–Kier alpha value is -3.19. The van der Waals surface area contributed by atoms with Crippen LogP contribution in [0.3, 0.4) is 0 Å². The van der Waals surface area contributed by atoms with E-state index < -0.39 is 23.9 Å². The van der Waals surface area contributed by atoms with Crippen LogP contribution in [0.1, 0.15) is 5.56 Å². The highest BCUT2D eigenvalue weighted by Crippen LogP contribution is 2.32. The zero-order valence-electron chi connectivity index (χ0n) is 15.4. The Kier molecular flexibility index (Phi) is 8.12. The second-order valence-electron chi connectivity index (χ2n) is 5.69. The van der Waals surface area contributed by atoms with E-state index in [1.54, 1.807) is 0 Å². The van der Waals surface area contributed by atoms with E-state index in [-0.39, 0.29) is 30.3 Å². The van der Waals surface area contributed by atoms with Crippen LogP contribution in [0.15, 0.2) is 48.5 Å². The van der Waals surface area contributed by atoms with Gasteiger partial charge in [-0.3, -0.25) is 10.2 Å². The minimum Gasteiger partial charge on any atom is -0.436 e. The molecule has 0 saturated heterocycles. The van der Waals surface area contributed by atoms with Gasteiger partial charge in [0.2, 0.25) is 0 Å². The molecule has 1 N–H and O–H groups in total. The number of nitrogens with zero attached hydrogens (tertiary/aromatic N) is 1. The molecular formula is C20H16BrF3N2O4. The van der Waals surface area contributed by atoms with Gasteiger partial charge in [-0.1, -0.05) is 34.0 Å². The first-order valence-corrected chi connectivity index (χ1v) is 9.56. The molecule has 2 aromatic carbocycles. The van der Waals surface area contributed by atoms with Crippen LogP contribution in [0.25, 0.3) is 0 Å². The fourth-order valence-corrected chi connectivity index (χ4v) is 2.67. The number of benzene rings is 2. The van der Waals surface area contributed by atoms with E-state index in [4.69, 9.17) is 11.2 Å². The fourth-order valence-electron chi connectivity index (χ4n) is 2.31. The number of alkyl halides is 4. The van der Waals surface area contributed by atoms with Crippen molar-refractivity contribution in [2.45, 2.75) is 6.18 Å². The summed E-state index contributed by atoms with van der Waals surface area (Å²) in [5, 5.41) is 2.71. The summed E-state index contributed by atoms with van der Waals surface area (Å²) in [6, 6.07) is 10.2. The molecule has 30 heavy (non-hydrogen) atoms. The Labute approximate surface area is 179 Å². The van der Waals surface area contributed by atoms with E-state index in [1.165, 1.54) is 36.4 Å². The number of hydrogen-bond acceptors (Lipinski definition) is 4. The number of hydrogen-bond donors (Lipinski definition) is 1. The van der Waals surface area contributed by atoms with Gasteiger partial charge in [0.1, 0.15) is 5.75 Å². The average Bonchev–Trinajstić information content (AvgIpc) is 2.70. The first-order valence-electron chi connectivity index (χ1n) is 8.44. The number of amides is 2. The highest BCUT2D eigenvalue weighted by molar-refractivity contribution is 9.09. The molecular weight excluding hydrogens is 469 g/mol. The van der Waals surface area contributed by atoms with Gasteiger partial charge in [0.15, 0.2) is 6.61 Å². The average molecular weight is 485 g/mol. The van der Waals surface area contributed by atoms with Gasteiger partial charge in [0.25, 0.3) is 0 Å². The number of halogens is 4. The van der Waals surface area contributed by atoms with Gasteiger partial charge in [0.05, 0.1) is 5.56 Å². The van der Waals surface area contributed by atoms with Gasteiger partial charge in [0, 0.05) is 29.3 Å². The molecule has 0 heterocycles. The predicted octanol–water partition coefficient (Wildman–Crippen LogP) is 5.29. The van der Waals surface area contributed by atoms with Gasteiger partial charge in [-0.15, -0.1) is 6.42 Å². The Bertz CT molecular complexity index is 944. The van der Waals surface area contributed by atoms with Crippen molar-refractivity contribution in [3.8, 4) is 18.1 Å². The lowest BCUT2D eigenvalue weighted by Crippen LogP contribution is -2.35. The van der Waals surface area contributed by atoms with Crippen molar-refractivity contribution < 1.29 is 32.2 Å². The van der Waals surface area contributed by atoms with Crippen molar-refractivity contribution >= 4 is 39.5 Å². The number of anilines is 2. The molecule has 0 aliphatic carbocycles. The molecule has 0 atom stereocenters. The van der Waals surface area contributed by atoms with Crippen LogP contribution < -0.4 is 15.0 Å². The van der Waals surface area contributed by atoms with Gasteiger partial charge < -0.3 is 9.47 Å². The lowest BCUT2D eigenvalue weighted by atomic mass is 10.2. The Morgan fingerprint density at radius 2 is 1.90 bits per heavy atom. The summed E-state index contributed by atoms with van der Waals surface area (Å²) >= 11 is 3.17. The molecule has 0 saturated carbocycles. The molecule has 0 bridgehead atoms. The first kappa shape index (κ1) is 23.1. The van der Waals surface area contributed by atoms with Crippen molar-refractivity contribution in [2.75, 3.05) is 28.7 Å². The minimum atomic E-state index is -4.55. The van der Waals surface area contributed by atoms with Crippen LogP contribution in [0.2, 0.25) is 0 Å². The highest BCUT2D eigenvalue weighted by atomic mass is 79.9. The predicted molar refractivity (Wildman–Crippen MR) is 109 cm³/mol. The van der Waals surface area contributed by atoms with E-state index in [9.17, 15) is 22.8 Å². The third kappa shape index (κ3) is 6.70. The number of carbonyl (C=O) groups is 2. The monoisotopic (exact) mass is 484 g/mol. The minimum absolute atomic E-state index is 0.0291. The summed E-state index contributed by atoms with van der Waals surface area (Å²) in [5.74, 6) is 2.21. The molecule has 0 aromatic heterocycles. The van der Waals surface area contributed by atoms with Crippen molar-refractivity contribution in [3.63, 3.8) is 0 Å². The fraction of sp³-hybridized carbons (Fsp3) is 0.200. The molecule has 158 valence electrons. The molecule has 0 radical (unpaired) electrons. The van der Waals surface area contributed by atoms with Crippen molar-refractivity contribution in [1.82, 2.24) is 0 Å². The summed E-state index contributed by atoms with van der Waals surface area (Å²) in [7, 11) is 0. The SMILES string of the molecule is C#CCOC(=O)Nc1cccc(OC(=O)N(CCBr)c2cccc(C(F)(F)F)c2)c1. The Morgan fingerprint density at radius 1 is 1.17 bits per heavy atom. The second kappa shape index (κ2) is 10.5. The lowest BCUT2D eigenvalue weighted by molar-refractivity contribution is -0.137. The molecule has 2 amide bonds. The topological polar surface area (TPSA) is 67.9 Å². The van der Waals surface area contributed by atoms with E-state index in [0.29, 0.717) is 5.33 Å². The molecule has 0 spiro atoms. The molecule has 0 unspecified atom stereocenters. The van der Waals surface area contributed by atoms with Crippen LogP contribution >= 0.6 is 15.9 Å². The molecule has 0 aliphatic rings.